The van der Waals surface area contributed by atoms with Crippen LogP contribution >= 0.6 is 0 Å². The predicted octanol–water partition coefficient (Wildman–Crippen LogP) is 6.85. The molecule has 0 bridgehead atoms. The second-order valence-electron chi connectivity index (χ2n) is 8.24. The lowest BCUT2D eigenvalue weighted by Gasteiger charge is -2.20. The molecule has 0 unspecified atom stereocenters. The van der Waals surface area contributed by atoms with Crippen LogP contribution in [0.4, 0.5) is 11.4 Å². The fourth-order valence-electron chi connectivity index (χ4n) is 4.55. The summed E-state index contributed by atoms with van der Waals surface area (Å²) in [7, 11) is 0. The molecule has 0 radical (unpaired) electrons. The Labute approximate surface area is 189 Å². The van der Waals surface area contributed by atoms with Crippen molar-refractivity contribution in [2.45, 2.75) is 12.8 Å². The summed E-state index contributed by atoms with van der Waals surface area (Å²) >= 11 is 0. The van der Waals surface area contributed by atoms with E-state index in [1.807, 2.05) is 12.1 Å². The Morgan fingerprint density at radius 3 is 1.88 bits per heavy atom. The molecule has 2 nitrogen and oxygen atoms in total. The molecule has 5 aromatic carbocycles. The topological polar surface area (TPSA) is 52.0 Å². The summed E-state index contributed by atoms with van der Waals surface area (Å²) in [6.07, 6.45) is 1.57. The van der Waals surface area contributed by atoms with E-state index in [1.165, 1.54) is 22.1 Å². The molecule has 0 atom stereocenters. The molecule has 5 aromatic rings. The Balaban J connectivity index is 1.71. The minimum absolute atomic E-state index is 0.724. The second-order valence-corrected chi connectivity index (χ2v) is 8.24. The Hall–Kier alpha value is -4.04. The van der Waals surface area contributed by atoms with Crippen LogP contribution < -0.4 is 11.5 Å². The zero-order valence-corrected chi connectivity index (χ0v) is 18.0. The van der Waals surface area contributed by atoms with Crippen LogP contribution in [0, 0.1) is 0 Å². The first-order valence-corrected chi connectivity index (χ1v) is 11.0. The van der Waals surface area contributed by atoms with Crippen molar-refractivity contribution in [3.63, 3.8) is 0 Å². The van der Waals surface area contributed by atoms with Gasteiger partial charge in [0.25, 0.3) is 0 Å². The Kier molecular flexibility index (Phi) is 5.35. The van der Waals surface area contributed by atoms with Crippen LogP contribution in [0.5, 0.6) is 0 Å². The van der Waals surface area contributed by atoms with Crippen molar-refractivity contribution < 1.29 is 0 Å². The van der Waals surface area contributed by atoms with Crippen molar-refractivity contribution >= 4 is 22.1 Å². The number of rotatable bonds is 5. The van der Waals surface area contributed by atoms with Gasteiger partial charge in [-0.3, -0.25) is 0 Å². The second kappa shape index (κ2) is 8.60. The van der Waals surface area contributed by atoms with Gasteiger partial charge in [-0.15, -0.1) is 0 Å². The number of fused-ring (bicyclic) bond motifs is 1. The highest BCUT2D eigenvalue weighted by atomic mass is 14.6. The number of hydrogen-bond acceptors (Lipinski definition) is 2. The Morgan fingerprint density at radius 2 is 1.16 bits per heavy atom. The van der Waals surface area contributed by atoms with E-state index < -0.39 is 0 Å². The van der Waals surface area contributed by atoms with Gasteiger partial charge in [-0.1, -0.05) is 103 Å². The summed E-state index contributed by atoms with van der Waals surface area (Å²) in [6, 6.07) is 37.8. The normalized spacial score (nSPS) is 11.0. The van der Waals surface area contributed by atoms with Crippen molar-refractivity contribution in [1.82, 2.24) is 0 Å². The van der Waals surface area contributed by atoms with E-state index in [1.54, 1.807) is 0 Å². The smallest absolute Gasteiger partial charge is 0.0453 e. The molecule has 0 heterocycles. The van der Waals surface area contributed by atoms with E-state index in [2.05, 4.69) is 97.1 Å². The number of hydrogen-bond donors (Lipinski definition) is 2. The fourth-order valence-corrected chi connectivity index (χ4v) is 4.55. The highest BCUT2D eigenvalue weighted by Crippen LogP contribution is 2.41. The highest BCUT2D eigenvalue weighted by molar-refractivity contribution is 6.03. The quantitative estimate of drug-likeness (QED) is 0.309. The molecule has 0 aliphatic heterocycles. The summed E-state index contributed by atoms with van der Waals surface area (Å²) in [6.45, 7) is 0. The fraction of sp³-hybridized carbons (Fsp3) is 0.0667. The first kappa shape index (κ1) is 19.9. The van der Waals surface area contributed by atoms with Crippen molar-refractivity contribution in [3.8, 4) is 11.1 Å². The molecule has 4 N–H and O–H groups in total. The SMILES string of the molecule is Nc1cc(Cc2ccccc2)c(Cc2ccccc2)c(N)c1-c1cccc2ccccc12. The Morgan fingerprint density at radius 1 is 0.562 bits per heavy atom. The summed E-state index contributed by atoms with van der Waals surface area (Å²) in [5.74, 6) is 0. The van der Waals surface area contributed by atoms with Gasteiger partial charge in [-0.05, 0) is 57.5 Å². The van der Waals surface area contributed by atoms with Gasteiger partial charge >= 0.3 is 0 Å². The van der Waals surface area contributed by atoms with Gasteiger partial charge in [0, 0.05) is 16.9 Å². The molecule has 0 fully saturated rings. The molecule has 5 rings (SSSR count). The summed E-state index contributed by atoms with van der Waals surface area (Å²) in [5.41, 5.74) is 21.9. The third-order valence-corrected chi connectivity index (χ3v) is 6.12. The zero-order chi connectivity index (χ0) is 21.9. The van der Waals surface area contributed by atoms with E-state index in [0.717, 1.165) is 46.3 Å². The van der Waals surface area contributed by atoms with Crippen molar-refractivity contribution in [2.75, 3.05) is 11.5 Å². The minimum atomic E-state index is 0.724. The van der Waals surface area contributed by atoms with Crippen LogP contribution in [0.3, 0.4) is 0 Å². The van der Waals surface area contributed by atoms with Crippen molar-refractivity contribution in [1.29, 1.82) is 0 Å². The van der Waals surface area contributed by atoms with Gasteiger partial charge < -0.3 is 11.5 Å². The largest absolute Gasteiger partial charge is 0.398 e. The lowest BCUT2D eigenvalue weighted by Crippen LogP contribution is -2.07. The monoisotopic (exact) mass is 414 g/mol. The molecule has 0 aliphatic rings. The van der Waals surface area contributed by atoms with Gasteiger partial charge in [0.1, 0.15) is 0 Å². The molecule has 2 heteroatoms. The van der Waals surface area contributed by atoms with Gasteiger partial charge in [0.2, 0.25) is 0 Å². The Bertz CT molecular complexity index is 1370. The summed E-state index contributed by atoms with van der Waals surface area (Å²) in [4.78, 5) is 0. The average Bonchev–Trinajstić information content (AvgIpc) is 2.83. The van der Waals surface area contributed by atoms with Gasteiger partial charge in [0.05, 0.1) is 0 Å². The van der Waals surface area contributed by atoms with Crippen LogP contribution in [-0.2, 0) is 12.8 Å². The molecule has 0 saturated carbocycles. The predicted molar refractivity (Wildman–Crippen MR) is 137 cm³/mol. The standard InChI is InChI=1S/C30H26N2/c31-28-20-24(18-21-10-3-1-4-11-21)27(19-22-12-5-2-6-13-22)30(32)29(28)26-17-9-15-23-14-7-8-16-25(23)26/h1-17,20H,18-19,31-32H2. The highest BCUT2D eigenvalue weighted by Gasteiger charge is 2.18. The summed E-state index contributed by atoms with van der Waals surface area (Å²) in [5, 5.41) is 2.34. The van der Waals surface area contributed by atoms with E-state index in [0.29, 0.717) is 0 Å². The van der Waals surface area contributed by atoms with Gasteiger partial charge in [-0.2, -0.15) is 0 Å². The molecular formula is C30H26N2. The molecule has 156 valence electrons. The van der Waals surface area contributed by atoms with Crippen LogP contribution in [0.2, 0.25) is 0 Å². The minimum Gasteiger partial charge on any atom is -0.398 e. The lowest BCUT2D eigenvalue weighted by molar-refractivity contribution is 1.10. The number of benzene rings is 5. The maximum atomic E-state index is 6.93. The van der Waals surface area contributed by atoms with Crippen LogP contribution in [0.15, 0.2) is 109 Å². The van der Waals surface area contributed by atoms with Crippen LogP contribution in [0.1, 0.15) is 22.3 Å². The molecular weight excluding hydrogens is 388 g/mol. The van der Waals surface area contributed by atoms with E-state index in [4.69, 9.17) is 11.5 Å². The van der Waals surface area contributed by atoms with Crippen LogP contribution in [0.25, 0.3) is 21.9 Å². The number of anilines is 2. The van der Waals surface area contributed by atoms with E-state index in [9.17, 15) is 0 Å². The molecule has 0 saturated heterocycles. The molecule has 32 heavy (non-hydrogen) atoms. The maximum absolute atomic E-state index is 6.93. The van der Waals surface area contributed by atoms with Crippen molar-refractivity contribution in [3.05, 3.63) is 131 Å². The maximum Gasteiger partial charge on any atom is 0.0453 e. The number of nitrogen functional groups attached to an aromatic ring is 2. The first-order valence-electron chi connectivity index (χ1n) is 11.0. The van der Waals surface area contributed by atoms with Gasteiger partial charge in [0.15, 0.2) is 0 Å². The van der Waals surface area contributed by atoms with Crippen molar-refractivity contribution in [2.24, 2.45) is 0 Å². The van der Waals surface area contributed by atoms with Crippen LogP contribution in [-0.4, -0.2) is 0 Å². The molecule has 0 aromatic heterocycles. The van der Waals surface area contributed by atoms with E-state index in [-0.39, 0.29) is 0 Å². The number of nitrogens with two attached hydrogens (primary N) is 2. The van der Waals surface area contributed by atoms with Gasteiger partial charge in [-0.25, -0.2) is 0 Å². The molecule has 0 spiro atoms. The lowest BCUT2D eigenvalue weighted by atomic mass is 9.87. The summed E-state index contributed by atoms with van der Waals surface area (Å²) < 4.78 is 0. The molecule has 0 amide bonds. The third-order valence-electron chi connectivity index (χ3n) is 6.12. The first-order chi connectivity index (χ1) is 15.7. The zero-order valence-electron chi connectivity index (χ0n) is 18.0. The average molecular weight is 415 g/mol. The third kappa shape index (κ3) is 3.83. The molecule has 0 aliphatic carbocycles. The van der Waals surface area contributed by atoms with E-state index >= 15 is 0 Å².